The Labute approximate surface area is 812 Å². The second kappa shape index (κ2) is 44.9. The van der Waals surface area contributed by atoms with Crippen LogP contribution in [0.4, 0.5) is 56.6 Å². The van der Waals surface area contributed by atoms with Crippen LogP contribution in [0.5, 0.6) is 0 Å². The van der Waals surface area contributed by atoms with Gasteiger partial charge in [0.05, 0.1) is 147 Å². The van der Waals surface area contributed by atoms with Gasteiger partial charge in [0.15, 0.2) is 0 Å². The number of anilines is 3. The van der Waals surface area contributed by atoms with E-state index in [9.17, 15) is 64.8 Å². The zero-order chi connectivity index (χ0) is 101. The molecule has 0 saturated heterocycles. The molecule has 45 heteroatoms. The van der Waals surface area contributed by atoms with Crippen molar-refractivity contribution in [1.29, 1.82) is 0 Å². The lowest BCUT2D eigenvalue weighted by atomic mass is 10.0. The van der Waals surface area contributed by atoms with E-state index in [1.54, 1.807) is 135 Å². The first kappa shape index (κ1) is 99.7. The van der Waals surface area contributed by atoms with Gasteiger partial charge in [-0.1, -0.05) is 12.1 Å². The summed E-state index contributed by atoms with van der Waals surface area (Å²) >= 11 is 0. The molecule has 20 rings (SSSR count). The van der Waals surface area contributed by atoms with E-state index in [0.29, 0.717) is 106 Å². The molecule has 0 atom stereocenters. The van der Waals surface area contributed by atoms with Gasteiger partial charge in [-0.15, -0.1) is 0 Å². The van der Waals surface area contributed by atoms with Gasteiger partial charge < -0.3 is 15.3 Å². The highest BCUT2D eigenvalue weighted by Gasteiger charge is 2.23. The van der Waals surface area contributed by atoms with Crippen LogP contribution in [0, 0.1) is 52.4 Å². The number of fused-ring (bicyclic) bond motifs is 5. The highest BCUT2D eigenvalue weighted by atomic mass is 32.2. The summed E-state index contributed by atoms with van der Waals surface area (Å²) in [6.45, 7) is 4.13. The number of hydrogen-bond acceptors (Lipinski definition) is 20. The van der Waals surface area contributed by atoms with Crippen LogP contribution < -0.4 is 14.2 Å². The number of nitrogens with zero attached hydrogens (tertiary/aromatic N) is 15. The Bertz CT molecular complexity index is 8460. The maximum atomic E-state index is 13.4. The molecule has 144 heavy (non-hydrogen) atoms. The van der Waals surface area contributed by atoms with Gasteiger partial charge in [-0.25, -0.2) is 64.8 Å². The Hall–Kier alpha value is -17.3. The van der Waals surface area contributed by atoms with E-state index in [2.05, 4.69) is 107 Å². The van der Waals surface area contributed by atoms with Crippen LogP contribution in [0.2, 0.25) is 0 Å². The van der Waals surface area contributed by atoms with Crippen molar-refractivity contribution < 1.29 is 80.1 Å². The Morgan fingerprint density at radius 1 is 0.306 bits per heavy atom. The van der Waals surface area contributed by atoms with Crippen LogP contribution in [0.3, 0.4) is 0 Å². The number of H-pyrrole nitrogens is 6. The van der Waals surface area contributed by atoms with Crippen molar-refractivity contribution >= 4 is 162 Å². The minimum atomic E-state index is -4.19. The van der Waals surface area contributed by atoms with Crippen molar-refractivity contribution in [1.82, 2.24) is 105 Å². The summed E-state index contributed by atoms with van der Waals surface area (Å²) in [5.41, 5.74) is 15.7. The molecule has 12 N–H and O–H groups in total. The number of sulfonamides is 3. The van der Waals surface area contributed by atoms with E-state index in [0.717, 1.165) is 127 Å². The van der Waals surface area contributed by atoms with Crippen molar-refractivity contribution in [2.45, 2.75) is 60.6 Å². The van der Waals surface area contributed by atoms with Crippen LogP contribution in [0.1, 0.15) is 85.5 Å². The van der Waals surface area contributed by atoms with Crippen LogP contribution in [0.15, 0.2) is 259 Å². The van der Waals surface area contributed by atoms with E-state index in [-0.39, 0.29) is 42.7 Å². The molecular weight excluding hydrogens is 1940 g/mol. The van der Waals surface area contributed by atoms with Crippen LogP contribution in [0.25, 0.3) is 115 Å². The van der Waals surface area contributed by atoms with E-state index < -0.39 is 91.3 Å². The third kappa shape index (κ3) is 26.1. The standard InChI is InChI=1S/C21H18F2N4O.C20H17F2N5O3S.C20H17F2N5O2S.C20H18FN5O.C18H13F2N5O2S/c22-17-8-16(9-18(23)11-17)7-14-1-3-20-19(10-14)21(26-25-20)4-2-15-12-24-27(13-15)5-6-28;21-14-7-15(22)9-17(8-14)31(29,30)26-16-2-4-20-18(10-16)19(24-25-20)3-1-13-11-23-27(12-13)5-6-28;1-2-27-12-13(11-23-27)3-5-19-18-10-16(4-6-20(18)25-24-19)26-30(28,29)17-8-14(21)7-15(22)9-17;21-17-8-16(10-22-12-17)7-14-1-3-19-18(9-14)20(25-24-19)4-2-15-11-23-26(13-15)5-6-27;19-12-5-13(20)7-15(6-12)28(26,27)25-14-2-4-18-16(8-14)17(23-24-18)3-1-11-9-21-22-10-11/h1-4,8-13,28H,5-7H2,(H,25,26);1-4,7-12,26,28H,5-6H2,(H,24,25);3-12,26H,2H2,1H3,(H,24,25);1-4,8-13,27H,5-7H2,(H,24,25);1-10,25H,(H,21,22)(H,23,24)/b4-2+;3-1+;5-3+;4-2+;3-1+. The third-order valence-corrected chi connectivity index (χ3v) is 25.5. The van der Waals surface area contributed by atoms with Gasteiger partial charge >= 0.3 is 0 Å². The van der Waals surface area contributed by atoms with Gasteiger partial charge in [-0.2, -0.15) is 51.0 Å². The maximum Gasteiger partial charge on any atom is 0.262 e. The maximum absolute atomic E-state index is 13.4. The molecule has 0 amide bonds. The van der Waals surface area contributed by atoms with E-state index in [1.165, 1.54) is 42.6 Å². The first-order valence-corrected chi connectivity index (χ1v) is 48.1. The van der Waals surface area contributed by atoms with Crippen molar-refractivity contribution in [3.05, 3.63) is 375 Å². The lowest BCUT2D eigenvalue weighted by molar-refractivity contribution is 0.269. The molecule has 0 aliphatic heterocycles. The number of halogens is 9. The molecule has 0 aliphatic carbocycles. The second-order valence-electron chi connectivity index (χ2n) is 32.0. The van der Waals surface area contributed by atoms with Gasteiger partial charge in [0.25, 0.3) is 30.1 Å². The number of pyridine rings is 1. The fourth-order valence-corrected chi connectivity index (χ4v) is 18.0. The lowest BCUT2D eigenvalue weighted by Gasteiger charge is -2.08. The number of aliphatic hydroxyl groups is 3. The molecule has 0 aliphatic rings. The summed E-state index contributed by atoms with van der Waals surface area (Å²) in [6.07, 6.45) is 39.8. The average molecular weight is 2020 g/mol. The molecule has 0 spiro atoms. The average Bonchev–Trinajstić information content (AvgIpc) is 1.20. The van der Waals surface area contributed by atoms with E-state index in [1.807, 2.05) is 86.2 Å². The lowest BCUT2D eigenvalue weighted by Crippen LogP contribution is -2.13. The number of aromatic amines is 6. The van der Waals surface area contributed by atoms with E-state index >= 15 is 0 Å². The quantitative estimate of drug-likeness (QED) is 0.0186. The fourth-order valence-electron chi connectivity index (χ4n) is 14.7. The van der Waals surface area contributed by atoms with Gasteiger partial charge in [-0.05, 0) is 236 Å². The Morgan fingerprint density at radius 3 is 0.903 bits per heavy atom. The molecule has 9 aromatic carbocycles. The van der Waals surface area contributed by atoms with Crippen LogP contribution >= 0.6 is 0 Å². The topological polar surface area (TPSA) is 455 Å². The Kier molecular flexibility index (Phi) is 31.1. The zero-order valence-corrected chi connectivity index (χ0v) is 77.8. The minimum Gasteiger partial charge on any atom is -0.394 e. The molecule has 0 unspecified atom stereocenters. The summed E-state index contributed by atoms with van der Waals surface area (Å²) in [5.74, 6) is -7.36. The smallest absolute Gasteiger partial charge is 0.262 e. The monoisotopic (exact) mass is 2020 g/mol. The number of aromatic nitrogens is 21. The highest BCUT2D eigenvalue weighted by Crippen LogP contribution is 2.32. The number of nitrogens with one attached hydrogen (secondary N) is 9. The van der Waals surface area contributed by atoms with Crippen molar-refractivity contribution in [3.63, 3.8) is 0 Å². The number of aryl methyl sites for hydroxylation is 1. The summed E-state index contributed by atoms with van der Waals surface area (Å²) in [6, 6.07) is 37.5. The summed E-state index contributed by atoms with van der Waals surface area (Å²) < 4.78 is 209. The van der Waals surface area contributed by atoms with E-state index in [4.69, 9.17) is 15.3 Å². The predicted octanol–water partition coefficient (Wildman–Crippen LogP) is 17.4. The molecule has 734 valence electrons. The number of benzene rings is 9. The normalized spacial score (nSPS) is 11.9. The van der Waals surface area contributed by atoms with Crippen molar-refractivity contribution in [3.8, 4) is 0 Å². The van der Waals surface area contributed by atoms with Crippen molar-refractivity contribution in [2.75, 3.05) is 34.0 Å². The Balaban J connectivity index is 0.000000129. The Morgan fingerprint density at radius 2 is 0.597 bits per heavy atom. The fraction of sp³-hybridized carbons (Fsp3) is 0.101. The van der Waals surface area contributed by atoms with Gasteiger partial charge in [0.1, 0.15) is 52.4 Å². The summed E-state index contributed by atoms with van der Waals surface area (Å²) in [4.78, 5) is 2.38. The SMILES string of the molecule is CCn1cc(/C=C/c2n[nH]c3ccc(NS(=O)(=O)c4cc(F)cc(F)c4)cc23)cn1.O=S(=O)(Nc1ccc2[nH]nc(/C=C/c3cn[nH]c3)c2c1)c1cc(F)cc(F)c1.O=S(=O)(Nc1ccc2[nH]nc(/C=C/c3cnn(CCO)c3)c2c1)c1cc(F)cc(F)c1.OCCn1cc(/C=C/c2n[nH]c3ccc(Cc4cc(F)cc(F)c4)cc23)cn1.OCCn1cc(/C=C/c2n[nH]c3ccc(Cc4cncc(F)c4)cc23)cn1. The molecule has 20 aromatic rings. The molecule has 11 heterocycles. The third-order valence-electron chi connectivity index (χ3n) is 21.4. The first-order chi connectivity index (χ1) is 69.4. The van der Waals surface area contributed by atoms with Gasteiger partial charge in [0.2, 0.25) is 0 Å². The molecule has 11 aromatic heterocycles. The van der Waals surface area contributed by atoms with Crippen LogP contribution in [-0.4, -0.2) is 166 Å². The minimum absolute atomic E-state index is 0.0181. The van der Waals surface area contributed by atoms with Gasteiger partial charge in [0, 0.05) is 140 Å². The molecule has 0 radical (unpaired) electrons. The zero-order valence-electron chi connectivity index (χ0n) is 75.4. The molecule has 0 fully saturated rings. The van der Waals surface area contributed by atoms with Crippen LogP contribution in [-0.2, 0) is 69.1 Å². The van der Waals surface area contributed by atoms with Crippen molar-refractivity contribution in [2.24, 2.45) is 0 Å². The van der Waals surface area contributed by atoms with Gasteiger partial charge in [-0.3, -0.25) is 68.5 Å². The number of rotatable bonds is 30. The molecular formula is C99H83F9N24O9S3. The predicted molar refractivity (Wildman–Crippen MR) is 527 cm³/mol. The highest BCUT2D eigenvalue weighted by molar-refractivity contribution is 7.93. The summed E-state index contributed by atoms with van der Waals surface area (Å²) in [7, 11) is -12.5. The number of hydrogen-bond donors (Lipinski definition) is 12. The molecule has 33 nitrogen and oxygen atoms in total. The first-order valence-electron chi connectivity index (χ1n) is 43.6. The summed E-state index contributed by atoms with van der Waals surface area (Å²) in [5, 5.41) is 89.9. The molecule has 0 bridgehead atoms. The largest absolute Gasteiger partial charge is 0.394 e. The molecule has 0 saturated carbocycles. The second-order valence-corrected chi connectivity index (χ2v) is 37.0. The number of aliphatic hydroxyl groups excluding tert-OH is 3.